The highest BCUT2D eigenvalue weighted by Gasteiger charge is 2.67. The summed E-state index contributed by atoms with van der Waals surface area (Å²) in [5.74, 6) is 0.128. The van der Waals surface area contributed by atoms with Crippen LogP contribution in [0.3, 0.4) is 0 Å². The fourth-order valence-corrected chi connectivity index (χ4v) is 9.61. The first-order valence-corrected chi connectivity index (χ1v) is 20.5. The first-order valence-electron chi connectivity index (χ1n) is 20.1. The average Bonchev–Trinajstić information content (AvgIpc) is 3.20. The maximum Gasteiger partial charge on any atom is 0.254 e. The van der Waals surface area contributed by atoms with Crippen LogP contribution in [0.4, 0.5) is 5.82 Å². The van der Waals surface area contributed by atoms with Crippen LogP contribution in [0.15, 0.2) is 60.8 Å². The van der Waals surface area contributed by atoms with Crippen molar-refractivity contribution in [3.05, 3.63) is 82.5 Å². The Morgan fingerprint density at radius 1 is 0.983 bits per heavy atom. The Kier molecular flexibility index (Phi) is 13.0. The quantitative estimate of drug-likeness (QED) is 0.140. The smallest absolute Gasteiger partial charge is 0.254 e. The van der Waals surface area contributed by atoms with E-state index >= 15 is 0 Å². The first kappa shape index (κ1) is 42.4. The van der Waals surface area contributed by atoms with Crippen LogP contribution in [-0.2, 0) is 9.59 Å². The predicted octanol–water partition coefficient (Wildman–Crippen LogP) is 5.84. The third kappa shape index (κ3) is 9.08. The van der Waals surface area contributed by atoms with Crippen molar-refractivity contribution in [1.82, 2.24) is 20.1 Å². The molecule has 2 atom stereocenters. The van der Waals surface area contributed by atoms with Crippen LogP contribution in [0.1, 0.15) is 93.0 Å². The van der Waals surface area contributed by atoms with E-state index in [1.165, 1.54) is 6.20 Å². The van der Waals surface area contributed by atoms with Gasteiger partial charge in [-0.05, 0) is 87.7 Å². The van der Waals surface area contributed by atoms with Gasteiger partial charge in [-0.1, -0.05) is 39.3 Å². The lowest BCUT2D eigenvalue weighted by atomic mass is 9.48. The summed E-state index contributed by atoms with van der Waals surface area (Å²) in [5, 5.41) is 12.1. The van der Waals surface area contributed by atoms with Gasteiger partial charge in [0.2, 0.25) is 17.7 Å². The predicted molar refractivity (Wildman–Crippen MR) is 221 cm³/mol. The topological polar surface area (TPSA) is 171 Å². The number of piperazine rings is 1. The summed E-state index contributed by atoms with van der Waals surface area (Å²) in [5.41, 5.74) is 5.44. The Morgan fingerprint density at radius 2 is 1.66 bits per heavy atom. The van der Waals surface area contributed by atoms with Crippen molar-refractivity contribution in [2.24, 2.45) is 22.5 Å². The van der Waals surface area contributed by atoms with Gasteiger partial charge in [0.05, 0.1) is 28.7 Å². The van der Waals surface area contributed by atoms with E-state index in [1.54, 1.807) is 36.4 Å². The maximum atomic E-state index is 14.7. The number of nitrogens with one attached hydrogen (secondary N) is 1. The van der Waals surface area contributed by atoms with Gasteiger partial charge in [-0.3, -0.25) is 29.4 Å². The molecule has 3 aliphatic rings. The fourth-order valence-electron chi connectivity index (χ4n) is 9.39. The van der Waals surface area contributed by atoms with E-state index in [1.807, 2.05) is 30.0 Å². The molecule has 3 fully saturated rings. The molecule has 3 N–H and O–H groups in total. The first-order chi connectivity index (χ1) is 27.6. The third-order valence-electron chi connectivity index (χ3n) is 12.1. The average molecular weight is 812 g/mol. The number of halogens is 1. The maximum absolute atomic E-state index is 14.7. The molecule has 3 heterocycles. The minimum Gasteiger partial charge on any atom is -0.494 e. The number of hydrogen-bond donors (Lipinski definition) is 2. The summed E-state index contributed by atoms with van der Waals surface area (Å²) in [6, 6.07) is 16.9. The van der Waals surface area contributed by atoms with Gasteiger partial charge in [0.15, 0.2) is 0 Å². The Labute approximate surface area is 345 Å². The van der Waals surface area contributed by atoms with Crippen molar-refractivity contribution < 1.29 is 28.7 Å². The number of nitriles is 1. The van der Waals surface area contributed by atoms with Crippen LogP contribution in [0.5, 0.6) is 11.5 Å². The number of nitrogens with zero attached hydrogens (tertiary/aromatic N) is 5. The highest BCUT2D eigenvalue weighted by atomic mass is 35.5. The van der Waals surface area contributed by atoms with E-state index < -0.39 is 28.7 Å². The zero-order chi connectivity index (χ0) is 41.8. The number of primary amides is 1. The Morgan fingerprint density at radius 3 is 2.26 bits per heavy atom. The second kappa shape index (κ2) is 17.7. The number of aromatic nitrogens is 1. The number of unbranched alkanes of at least 4 members (excludes halogenated alkanes) is 2. The van der Waals surface area contributed by atoms with Crippen LogP contribution in [0.25, 0.3) is 0 Å². The van der Waals surface area contributed by atoms with Crippen molar-refractivity contribution in [3.8, 4) is 17.6 Å². The van der Waals surface area contributed by atoms with E-state index in [-0.39, 0.29) is 36.3 Å². The minimum atomic E-state index is -0.566. The number of rotatable bonds is 15. The Hall–Kier alpha value is -5.19. The van der Waals surface area contributed by atoms with Gasteiger partial charge in [-0.15, -0.1) is 0 Å². The number of amides is 4. The number of nitrogens with two attached hydrogens (primary N) is 1. The number of hydrogen-bond acceptors (Lipinski definition) is 10. The molecule has 4 amide bonds. The molecule has 2 saturated heterocycles. The molecule has 1 saturated carbocycles. The van der Waals surface area contributed by atoms with Gasteiger partial charge in [0.25, 0.3) is 5.91 Å². The van der Waals surface area contributed by atoms with Gasteiger partial charge in [0, 0.05) is 73.3 Å². The molecule has 1 aromatic heterocycles. The molecule has 3 aromatic rings. The van der Waals surface area contributed by atoms with E-state index in [0.29, 0.717) is 46.2 Å². The zero-order valence-electron chi connectivity index (χ0n) is 34.0. The van der Waals surface area contributed by atoms with Gasteiger partial charge in [-0.2, -0.15) is 5.26 Å². The SMILES string of the molecule is C[C@H]([C@H]1CCC(=O)NC1=O)N(C(=O)c1ccc(OCCCCCN2CCN(c3ccc(C(N)=O)cn3)CC2)cc1)C1C(C)(C)C(Oc2ccc(C#N)c(Cl)c2)C1(C)C. The molecule has 0 unspecified atom stereocenters. The number of carbonyl (C=O) groups is 4. The molecule has 2 aromatic carbocycles. The lowest BCUT2D eigenvalue weighted by Gasteiger charge is -2.67. The second-order valence-corrected chi connectivity index (χ2v) is 17.2. The minimum absolute atomic E-state index is 0.212. The normalized spacial score (nSPS) is 21.9. The number of pyridine rings is 1. The van der Waals surface area contributed by atoms with Crippen LogP contribution >= 0.6 is 11.6 Å². The standard InChI is InChI=1S/C44H54ClN7O6/c1-28(34-16-18-37(53)49-39(34)55)52(41-43(2,3)42(44(41,4)5)58-33-15-11-30(26-46)35(45)25-33)40(56)29-9-13-32(14-10-29)57-24-8-6-7-19-50-20-22-51(23-21-50)36-17-12-31(27-48-36)38(47)54/h9-15,17,25,27-28,34,41-42H,6-8,16,18-24H2,1-5H3,(H2,47,54)(H,49,53,55)/t28-,34-,41?,42?/m1/s1. The van der Waals surface area contributed by atoms with Crippen LogP contribution in [-0.4, -0.2) is 95.9 Å². The molecule has 2 aliphatic heterocycles. The van der Waals surface area contributed by atoms with Crippen molar-refractivity contribution in [1.29, 1.82) is 5.26 Å². The Balaban J connectivity index is 1.04. The number of imide groups is 1. The lowest BCUT2D eigenvalue weighted by molar-refractivity contribution is -0.207. The molecular weight excluding hydrogens is 758 g/mol. The summed E-state index contributed by atoms with van der Waals surface area (Å²) in [7, 11) is 0. The second-order valence-electron chi connectivity index (χ2n) is 16.8. The van der Waals surface area contributed by atoms with Crippen molar-refractivity contribution in [2.45, 2.75) is 84.9 Å². The van der Waals surface area contributed by atoms with Crippen molar-refractivity contribution in [3.63, 3.8) is 0 Å². The highest BCUT2D eigenvalue weighted by molar-refractivity contribution is 6.31. The Bertz CT molecular complexity index is 2010. The van der Waals surface area contributed by atoms with Crippen LogP contribution in [0.2, 0.25) is 5.02 Å². The van der Waals surface area contributed by atoms with Crippen LogP contribution in [0, 0.1) is 28.1 Å². The van der Waals surface area contributed by atoms with Crippen molar-refractivity contribution >= 4 is 41.0 Å². The summed E-state index contributed by atoms with van der Waals surface area (Å²) >= 11 is 6.33. The number of benzene rings is 2. The van der Waals surface area contributed by atoms with E-state index in [4.69, 9.17) is 26.8 Å². The van der Waals surface area contributed by atoms with Gasteiger partial charge in [0.1, 0.15) is 29.5 Å². The molecule has 0 spiro atoms. The molecule has 14 heteroatoms. The monoisotopic (exact) mass is 811 g/mol. The highest BCUT2D eigenvalue weighted by Crippen LogP contribution is 2.59. The van der Waals surface area contributed by atoms with E-state index in [9.17, 15) is 24.4 Å². The van der Waals surface area contributed by atoms with Gasteiger partial charge in [-0.25, -0.2) is 4.98 Å². The summed E-state index contributed by atoms with van der Waals surface area (Å²) < 4.78 is 12.6. The molecule has 6 rings (SSSR count). The number of ether oxygens (including phenoxy) is 2. The zero-order valence-corrected chi connectivity index (χ0v) is 34.8. The molecule has 0 bridgehead atoms. The molecule has 58 heavy (non-hydrogen) atoms. The molecule has 13 nitrogen and oxygen atoms in total. The summed E-state index contributed by atoms with van der Waals surface area (Å²) in [4.78, 5) is 62.2. The molecule has 0 radical (unpaired) electrons. The van der Waals surface area contributed by atoms with Crippen LogP contribution < -0.4 is 25.4 Å². The van der Waals surface area contributed by atoms with E-state index in [2.05, 4.69) is 53.9 Å². The molecule has 308 valence electrons. The number of carbonyl (C=O) groups excluding carboxylic acids is 4. The fraction of sp³-hybridized carbons (Fsp3) is 0.500. The number of anilines is 1. The van der Waals surface area contributed by atoms with Gasteiger partial charge < -0.3 is 25.0 Å². The summed E-state index contributed by atoms with van der Waals surface area (Å²) in [6.07, 6.45) is 4.74. The third-order valence-corrected chi connectivity index (χ3v) is 12.4. The molecular formula is C44H54ClN7O6. The largest absolute Gasteiger partial charge is 0.494 e. The lowest BCUT2D eigenvalue weighted by Crippen LogP contribution is -2.77. The van der Waals surface area contributed by atoms with Crippen molar-refractivity contribution in [2.75, 3.05) is 44.2 Å². The molecule has 1 aliphatic carbocycles. The van der Waals surface area contributed by atoms with Gasteiger partial charge >= 0.3 is 0 Å². The summed E-state index contributed by atoms with van der Waals surface area (Å²) in [6.45, 7) is 15.3. The number of piperidine rings is 1. The van der Waals surface area contributed by atoms with E-state index in [0.717, 1.165) is 57.8 Å².